The lowest BCUT2D eigenvalue weighted by atomic mass is 10.2. The molecular weight excluding hydrogens is 384 g/mol. The van der Waals surface area contributed by atoms with Crippen molar-refractivity contribution in [3.05, 3.63) is 58.6 Å². The van der Waals surface area contributed by atoms with Gasteiger partial charge in [-0.25, -0.2) is 0 Å². The van der Waals surface area contributed by atoms with Crippen LogP contribution in [0.1, 0.15) is 22.8 Å². The second-order valence-corrected chi connectivity index (χ2v) is 6.41. The minimum atomic E-state index is -0.766. The number of nitrogens with one attached hydrogen (secondary N) is 2. The van der Waals surface area contributed by atoms with E-state index in [9.17, 15) is 14.4 Å². The molecule has 8 heteroatoms. The maximum absolute atomic E-state index is 12.4. The summed E-state index contributed by atoms with van der Waals surface area (Å²) in [4.78, 5) is 35.6. The van der Waals surface area contributed by atoms with E-state index in [-0.39, 0.29) is 12.5 Å². The Morgan fingerprint density at radius 1 is 1.14 bits per heavy atom. The fourth-order valence-corrected chi connectivity index (χ4v) is 2.37. The van der Waals surface area contributed by atoms with Gasteiger partial charge in [-0.1, -0.05) is 17.7 Å². The fraction of sp³-hybridized carbons (Fsp3) is 0.250. The molecule has 2 amide bonds. The highest BCUT2D eigenvalue weighted by Crippen LogP contribution is 2.22. The lowest BCUT2D eigenvalue weighted by molar-refractivity contribution is -0.139. The summed E-state index contributed by atoms with van der Waals surface area (Å²) in [5.74, 6) is -0.858. The van der Waals surface area contributed by atoms with Crippen molar-refractivity contribution in [3.8, 4) is 5.75 Å². The third kappa shape index (κ3) is 5.99. The van der Waals surface area contributed by atoms with Crippen LogP contribution in [0.3, 0.4) is 0 Å². The number of esters is 1. The van der Waals surface area contributed by atoms with Crippen molar-refractivity contribution >= 4 is 35.1 Å². The van der Waals surface area contributed by atoms with Gasteiger partial charge in [-0.05, 0) is 55.8 Å². The number of carbonyl (C=O) groups is 3. The van der Waals surface area contributed by atoms with Gasteiger partial charge in [0.15, 0.2) is 6.10 Å². The molecule has 2 rings (SSSR count). The van der Waals surface area contributed by atoms with Crippen molar-refractivity contribution in [1.29, 1.82) is 0 Å². The highest BCUT2D eigenvalue weighted by Gasteiger charge is 2.16. The molecule has 0 aromatic heterocycles. The quantitative estimate of drug-likeness (QED) is 0.692. The largest absolute Gasteiger partial charge is 0.481 e. The van der Waals surface area contributed by atoms with Crippen molar-refractivity contribution in [3.63, 3.8) is 0 Å². The molecule has 2 aromatic rings. The molecule has 2 aromatic carbocycles. The monoisotopic (exact) mass is 404 g/mol. The van der Waals surface area contributed by atoms with E-state index in [1.165, 1.54) is 13.2 Å². The molecule has 0 spiro atoms. The van der Waals surface area contributed by atoms with Gasteiger partial charge in [0.2, 0.25) is 0 Å². The van der Waals surface area contributed by atoms with E-state index in [0.29, 0.717) is 22.0 Å². The number of benzene rings is 2. The second kappa shape index (κ2) is 9.75. The summed E-state index contributed by atoms with van der Waals surface area (Å²) in [5.41, 5.74) is 1.57. The highest BCUT2D eigenvalue weighted by molar-refractivity contribution is 6.31. The minimum Gasteiger partial charge on any atom is -0.481 e. The highest BCUT2D eigenvalue weighted by atomic mass is 35.5. The molecule has 0 saturated heterocycles. The molecule has 0 heterocycles. The third-order valence-corrected chi connectivity index (χ3v) is 4.25. The van der Waals surface area contributed by atoms with Gasteiger partial charge < -0.3 is 20.1 Å². The van der Waals surface area contributed by atoms with Crippen LogP contribution >= 0.6 is 11.6 Å². The van der Waals surface area contributed by atoms with Crippen LogP contribution in [0.15, 0.2) is 42.5 Å². The van der Waals surface area contributed by atoms with Crippen LogP contribution in [-0.2, 0) is 14.3 Å². The lowest BCUT2D eigenvalue weighted by Gasteiger charge is -2.15. The van der Waals surface area contributed by atoms with E-state index in [0.717, 1.165) is 5.56 Å². The Labute approximate surface area is 168 Å². The topological polar surface area (TPSA) is 93.7 Å². The molecule has 0 aliphatic rings. The van der Waals surface area contributed by atoms with Crippen molar-refractivity contribution in [2.24, 2.45) is 0 Å². The Morgan fingerprint density at radius 2 is 1.89 bits per heavy atom. The van der Waals surface area contributed by atoms with E-state index in [2.05, 4.69) is 15.4 Å². The number of hydrogen-bond donors (Lipinski definition) is 2. The average molecular weight is 405 g/mol. The van der Waals surface area contributed by atoms with Crippen LogP contribution in [0, 0.1) is 6.92 Å². The SMILES string of the molecule is COC(=O)CNC(=O)c1cccc(NC(=O)C(C)Oc2ccc(Cl)c(C)c2)c1. The summed E-state index contributed by atoms with van der Waals surface area (Å²) < 4.78 is 10.1. The molecule has 0 fully saturated rings. The molecule has 0 aliphatic heterocycles. The summed E-state index contributed by atoms with van der Waals surface area (Å²) >= 11 is 5.98. The molecule has 28 heavy (non-hydrogen) atoms. The lowest BCUT2D eigenvalue weighted by Crippen LogP contribution is -2.31. The number of carbonyl (C=O) groups excluding carboxylic acids is 3. The number of amides is 2. The van der Waals surface area contributed by atoms with Gasteiger partial charge in [0.05, 0.1) is 7.11 Å². The summed E-state index contributed by atoms with van der Waals surface area (Å²) in [6.07, 6.45) is -0.766. The number of hydrogen-bond acceptors (Lipinski definition) is 5. The van der Waals surface area contributed by atoms with E-state index >= 15 is 0 Å². The van der Waals surface area contributed by atoms with Gasteiger partial charge in [-0.2, -0.15) is 0 Å². The predicted octanol–water partition coefficient (Wildman–Crippen LogP) is 2.96. The van der Waals surface area contributed by atoms with E-state index in [4.69, 9.17) is 16.3 Å². The molecule has 0 aliphatic carbocycles. The number of ether oxygens (including phenoxy) is 2. The zero-order valence-corrected chi connectivity index (χ0v) is 16.5. The van der Waals surface area contributed by atoms with Crippen LogP contribution < -0.4 is 15.4 Å². The molecule has 148 valence electrons. The fourth-order valence-electron chi connectivity index (χ4n) is 2.26. The first-order valence-corrected chi connectivity index (χ1v) is 8.86. The summed E-state index contributed by atoms with van der Waals surface area (Å²) in [7, 11) is 1.24. The summed E-state index contributed by atoms with van der Waals surface area (Å²) in [6.45, 7) is 3.22. The molecule has 2 N–H and O–H groups in total. The molecule has 7 nitrogen and oxygen atoms in total. The third-order valence-electron chi connectivity index (χ3n) is 3.82. The number of anilines is 1. The first-order valence-electron chi connectivity index (χ1n) is 8.49. The number of aryl methyl sites for hydroxylation is 1. The van der Waals surface area contributed by atoms with E-state index in [1.54, 1.807) is 43.3 Å². The Kier molecular flexibility index (Phi) is 7.40. The zero-order valence-electron chi connectivity index (χ0n) is 15.7. The smallest absolute Gasteiger partial charge is 0.325 e. The molecular formula is C20H21ClN2O5. The molecule has 1 atom stereocenters. The maximum Gasteiger partial charge on any atom is 0.325 e. The van der Waals surface area contributed by atoms with Gasteiger partial charge in [0, 0.05) is 16.3 Å². The van der Waals surface area contributed by atoms with Gasteiger partial charge in [0.1, 0.15) is 12.3 Å². The van der Waals surface area contributed by atoms with Gasteiger partial charge in [-0.3, -0.25) is 14.4 Å². The standard InChI is InChI=1S/C20H21ClN2O5/c1-12-9-16(7-8-17(12)21)28-13(2)19(25)23-15-6-4-5-14(10-15)20(26)22-11-18(24)27-3/h4-10,13H,11H2,1-3H3,(H,22,26)(H,23,25). The second-order valence-electron chi connectivity index (χ2n) is 6.00. The van der Waals surface area contributed by atoms with Crippen molar-refractivity contribution in [2.75, 3.05) is 19.0 Å². The van der Waals surface area contributed by atoms with E-state index in [1.807, 2.05) is 6.92 Å². The van der Waals surface area contributed by atoms with E-state index < -0.39 is 18.0 Å². The van der Waals surface area contributed by atoms with Crippen LogP contribution in [0.5, 0.6) is 5.75 Å². The van der Waals surface area contributed by atoms with Gasteiger partial charge in [-0.15, -0.1) is 0 Å². The summed E-state index contributed by atoms with van der Waals surface area (Å²) in [5, 5.41) is 5.75. The Bertz CT molecular complexity index is 885. The van der Waals surface area contributed by atoms with Crippen LogP contribution in [0.4, 0.5) is 5.69 Å². The normalized spacial score (nSPS) is 11.3. The number of halogens is 1. The first kappa shape index (κ1) is 21.2. The summed E-state index contributed by atoms with van der Waals surface area (Å²) in [6, 6.07) is 11.5. The Hall–Kier alpha value is -3.06. The first-order chi connectivity index (χ1) is 13.3. The van der Waals surface area contributed by atoms with Gasteiger partial charge in [0.25, 0.3) is 11.8 Å². The minimum absolute atomic E-state index is 0.239. The average Bonchev–Trinajstić information content (AvgIpc) is 2.68. The zero-order chi connectivity index (χ0) is 20.7. The van der Waals surface area contributed by atoms with Crippen molar-refractivity contribution < 1.29 is 23.9 Å². The van der Waals surface area contributed by atoms with Crippen LogP contribution in [0.25, 0.3) is 0 Å². The predicted molar refractivity (Wildman–Crippen MR) is 106 cm³/mol. The molecule has 0 radical (unpaired) electrons. The number of rotatable bonds is 7. The maximum atomic E-state index is 12.4. The number of methoxy groups -OCH3 is 1. The molecule has 0 saturated carbocycles. The molecule has 0 bridgehead atoms. The van der Waals surface area contributed by atoms with Crippen molar-refractivity contribution in [2.45, 2.75) is 20.0 Å². The van der Waals surface area contributed by atoms with Crippen molar-refractivity contribution in [1.82, 2.24) is 5.32 Å². The van der Waals surface area contributed by atoms with Crippen LogP contribution in [0.2, 0.25) is 5.02 Å². The van der Waals surface area contributed by atoms with Gasteiger partial charge >= 0.3 is 5.97 Å². The Balaban J connectivity index is 1.98. The Morgan fingerprint density at radius 3 is 2.57 bits per heavy atom. The molecule has 1 unspecified atom stereocenters. The van der Waals surface area contributed by atoms with Crippen LogP contribution in [-0.4, -0.2) is 37.5 Å².